The summed E-state index contributed by atoms with van der Waals surface area (Å²) in [5.74, 6) is -1.69. The van der Waals surface area contributed by atoms with Gasteiger partial charge in [-0.15, -0.1) is 0 Å². The Kier molecular flexibility index (Phi) is 6.73. The van der Waals surface area contributed by atoms with Crippen molar-refractivity contribution in [2.75, 3.05) is 19.7 Å². The van der Waals surface area contributed by atoms with Gasteiger partial charge in [0.25, 0.3) is 0 Å². The van der Waals surface area contributed by atoms with E-state index < -0.39 is 18.0 Å². The highest BCUT2D eigenvalue weighted by molar-refractivity contribution is 5.82. The van der Waals surface area contributed by atoms with Crippen molar-refractivity contribution in [3.8, 4) is 11.1 Å². The molecule has 0 saturated heterocycles. The molecular formula is C25H28N2O5. The molecule has 0 heterocycles. The third-order valence-electron chi connectivity index (χ3n) is 6.52. The highest BCUT2D eigenvalue weighted by Gasteiger charge is 2.31. The van der Waals surface area contributed by atoms with Crippen molar-refractivity contribution in [2.24, 2.45) is 11.8 Å². The molecular weight excluding hydrogens is 408 g/mol. The number of carbonyl (C=O) groups is 3. The molecule has 0 bridgehead atoms. The summed E-state index contributed by atoms with van der Waals surface area (Å²) in [7, 11) is 0. The summed E-state index contributed by atoms with van der Waals surface area (Å²) >= 11 is 0. The van der Waals surface area contributed by atoms with Gasteiger partial charge in [-0.1, -0.05) is 61.4 Å². The van der Waals surface area contributed by atoms with E-state index in [-0.39, 0.29) is 30.9 Å². The fourth-order valence-corrected chi connectivity index (χ4v) is 4.89. The van der Waals surface area contributed by atoms with Gasteiger partial charge in [-0.3, -0.25) is 9.59 Å². The predicted molar refractivity (Wildman–Crippen MR) is 119 cm³/mol. The molecule has 3 N–H and O–H groups in total. The lowest BCUT2D eigenvalue weighted by atomic mass is 9.79. The van der Waals surface area contributed by atoms with Gasteiger partial charge in [0.05, 0.1) is 12.5 Å². The number of amides is 2. The third kappa shape index (κ3) is 4.77. The predicted octanol–water partition coefficient (Wildman–Crippen LogP) is 3.53. The fourth-order valence-electron chi connectivity index (χ4n) is 4.89. The van der Waals surface area contributed by atoms with Crippen molar-refractivity contribution >= 4 is 18.0 Å². The normalized spacial score (nSPS) is 19.5. The number of benzene rings is 2. The van der Waals surface area contributed by atoms with Gasteiger partial charge in [0.15, 0.2) is 0 Å². The van der Waals surface area contributed by atoms with E-state index in [1.165, 1.54) is 0 Å². The van der Waals surface area contributed by atoms with E-state index in [9.17, 15) is 19.5 Å². The quantitative estimate of drug-likeness (QED) is 0.616. The molecule has 1 fully saturated rings. The second-order valence-corrected chi connectivity index (χ2v) is 8.47. The second-order valence-electron chi connectivity index (χ2n) is 8.47. The zero-order valence-corrected chi connectivity index (χ0v) is 17.9. The smallest absolute Gasteiger partial charge is 0.407 e. The summed E-state index contributed by atoms with van der Waals surface area (Å²) in [5.41, 5.74) is 4.55. The summed E-state index contributed by atoms with van der Waals surface area (Å²) in [6.07, 6.45) is 2.67. The number of carboxylic acid groups (broad SMARTS) is 1. The molecule has 0 aliphatic heterocycles. The van der Waals surface area contributed by atoms with Crippen LogP contribution >= 0.6 is 0 Å². The van der Waals surface area contributed by atoms with Crippen LogP contribution in [0.4, 0.5) is 4.79 Å². The van der Waals surface area contributed by atoms with Gasteiger partial charge in [0, 0.05) is 12.5 Å². The highest BCUT2D eigenvalue weighted by Crippen LogP contribution is 2.44. The number of nitrogens with one attached hydrogen (secondary N) is 2. The van der Waals surface area contributed by atoms with Crippen molar-refractivity contribution in [1.29, 1.82) is 0 Å². The maximum absolute atomic E-state index is 12.2. The van der Waals surface area contributed by atoms with Crippen LogP contribution in [0.1, 0.15) is 42.7 Å². The Morgan fingerprint density at radius 3 is 2.19 bits per heavy atom. The van der Waals surface area contributed by atoms with Crippen LogP contribution in [0.25, 0.3) is 11.1 Å². The van der Waals surface area contributed by atoms with Crippen molar-refractivity contribution in [1.82, 2.24) is 10.6 Å². The maximum Gasteiger partial charge on any atom is 0.407 e. The number of carboxylic acids is 1. The zero-order valence-electron chi connectivity index (χ0n) is 17.9. The van der Waals surface area contributed by atoms with Crippen molar-refractivity contribution in [2.45, 2.75) is 31.6 Å². The Hall–Kier alpha value is -3.35. The third-order valence-corrected chi connectivity index (χ3v) is 6.52. The number of hydrogen-bond donors (Lipinski definition) is 3. The minimum Gasteiger partial charge on any atom is -0.481 e. The Bertz CT molecular complexity index is 960. The number of ether oxygens (including phenoxy) is 1. The lowest BCUT2D eigenvalue weighted by molar-refractivity contribution is -0.145. The molecule has 2 atom stereocenters. The average molecular weight is 437 g/mol. The molecule has 0 spiro atoms. The summed E-state index contributed by atoms with van der Waals surface area (Å²) in [6.45, 7) is 0.285. The molecule has 4 rings (SSSR count). The standard InChI is InChI=1S/C25H28N2O5/c28-23(26-13-16-7-1-2-8-17(16)24(29)30)14-27-25(31)32-15-22-20-11-5-3-9-18(20)19-10-4-6-12-21(19)22/h3-6,9-12,16-17,22H,1-2,7-8,13-15H2,(H,26,28)(H,27,31)(H,29,30)/t16-,17-/m1/s1. The molecule has 7 heteroatoms. The molecule has 2 aromatic carbocycles. The number of alkyl carbamates (subject to hydrolysis) is 1. The van der Waals surface area contributed by atoms with Crippen LogP contribution in [0.3, 0.4) is 0 Å². The van der Waals surface area contributed by atoms with Gasteiger partial charge >= 0.3 is 12.1 Å². The van der Waals surface area contributed by atoms with E-state index in [0.717, 1.165) is 41.5 Å². The van der Waals surface area contributed by atoms with Gasteiger partial charge < -0.3 is 20.5 Å². The Labute approximate surface area is 187 Å². The van der Waals surface area contributed by atoms with Crippen LogP contribution < -0.4 is 10.6 Å². The summed E-state index contributed by atoms with van der Waals surface area (Å²) in [6, 6.07) is 16.2. The van der Waals surface area contributed by atoms with Crippen LogP contribution in [0.5, 0.6) is 0 Å². The van der Waals surface area contributed by atoms with Crippen LogP contribution in [0.2, 0.25) is 0 Å². The Morgan fingerprint density at radius 2 is 1.53 bits per heavy atom. The topological polar surface area (TPSA) is 105 Å². The number of fused-ring (bicyclic) bond motifs is 3. The minimum atomic E-state index is -0.805. The van der Waals surface area contributed by atoms with Gasteiger partial charge in [0.2, 0.25) is 5.91 Å². The summed E-state index contributed by atoms with van der Waals surface area (Å²) in [5, 5.41) is 14.6. The molecule has 2 aliphatic carbocycles. The van der Waals surface area contributed by atoms with Gasteiger partial charge in [-0.05, 0) is 41.0 Å². The van der Waals surface area contributed by atoms with Crippen LogP contribution in [-0.2, 0) is 14.3 Å². The molecule has 0 unspecified atom stereocenters. The van der Waals surface area contributed by atoms with Crippen molar-refractivity contribution in [3.05, 3.63) is 59.7 Å². The maximum atomic E-state index is 12.2. The fraction of sp³-hybridized carbons (Fsp3) is 0.400. The first kappa shape index (κ1) is 21.9. The first-order valence-electron chi connectivity index (χ1n) is 11.1. The first-order valence-corrected chi connectivity index (χ1v) is 11.1. The van der Waals surface area contributed by atoms with E-state index in [4.69, 9.17) is 4.74 Å². The van der Waals surface area contributed by atoms with E-state index in [1.54, 1.807) is 0 Å². The second kappa shape index (κ2) is 9.85. The molecule has 0 radical (unpaired) electrons. The number of carbonyl (C=O) groups excluding carboxylic acids is 2. The molecule has 168 valence electrons. The SMILES string of the molecule is O=C(CNC(=O)OCC1c2ccccc2-c2ccccc21)NC[C@H]1CCCC[C@H]1C(=O)O. The molecule has 2 aliphatic rings. The zero-order chi connectivity index (χ0) is 22.5. The summed E-state index contributed by atoms with van der Waals surface area (Å²) in [4.78, 5) is 35.7. The lowest BCUT2D eigenvalue weighted by Gasteiger charge is -2.28. The van der Waals surface area contributed by atoms with Crippen molar-refractivity contribution in [3.63, 3.8) is 0 Å². The van der Waals surface area contributed by atoms with Crippen LogP contribution in [0.15, 0.2) is 48.5 Å². The molecule has 2 aromatic rings. The number of hydrogen-bond acceptors (Lipinski definition) is 4. The molecule has 7 nitrogen and oxygen atoms in total. The van der Waals surface area contributed by atoms with Crippen molar-refractivity contribution < 1.29 is 24.2 Å². The molecule has 32 heavy (non-hydrogen) atoms. The Balaban J connectivity index is 1.24. The van der Waals surface area contributed by atoms with Crippen LogP contribution in [0, 0.1) is 11.8 Å². The average Bonchev–Trinajstić information content (AvgIpc) is 3.14. The number of rotatable bonds is 7. The van der Waals surface area contributed by atoms with Gasteiger partial charge in [-0.2, -0.15) is 0 Å². The monoisotopic (exact) mass is 436 g/mol. The first-order chi connectivity index (χ1) is 15.5. The molecule has 1 saturated carbocycles. The highest BCUT2D eigenvalue weighted by atomic mass is 16.5. The van der Waals surface area contributed by atoms with Crippen LogP contribution in [-0.4, -0.2) is 42.8 Å². The van der Waals surface area contributed by atoms with E-state index in [0.29, 0.717) is 13.0 Å². The largest absolute Gasteiger partial charge is 0.481 e. The lowest BCUT2D eigenvalue weighted by Crippen LogP contribution is -2.42. The molecule has 2 amide bonds. The van der Waals surface area contributed by atoms with E-state index in [2.05, 4.69) is 22.8 Å². The summed E-state index contributed by atoms with van der Waals surface area (Å²) < 4.78 is 5.43. The minimum absolute atomic E-state index is 0.0405. The molecule has 0 aromatic heterocycles. The van der Waals surface area contributed by atoms with E-state index in [1.807, 2.05) is 36.4 Å². The Morgan fingerprint density at radius 1 is 0.906 bits per heavy atom. The number of aliphatic carboxylic acids is 1. The van der Waals surface area contributed by atoms with Gasteiger partial charge in [0.1, 0.15) is 6.61 Å². The van der Waals surface area contributed by atoms with E-state index >= 15 is 0 Å². The van der Waals surface area contributed by atoms with Gasteiger partial charge in [-0.25, -0.2) is 4.79 Å².